The highest BCUT2D eigenvalue weighted by Crippen LogP contribution is 2.40. The van der Waals surface area contributed by atoms with E-state index >= 15 is 0 Å². The van der Waals surface area contributed by atoms with E-state index in [0.29, 0.717) is 36.8 Å². The van der Waals surface area contributed by atoms with Crippen LogP contribution in [0, 0.1) is 6.92 Å². The number of nitrogens with zero attached hydrogens (tertiary/aromatic N) is 1. The minimum Gasteiger partial charge on any atom is -0.490 e. The molecule has 0 saturated carbocycles. The summed E-state index contributed by atoms with van der Waals surface area (Å²) in [7, 11) is -3.54. The van der Waals surface area contributed by atoms with Crippen LogP contribution in [0.15, 0.2) is 41.3 Å². The highest BCUT2D eigenvalue weighted by molar-refractivity contribution is 7.89. The van der Waals surface area contributed by atoms with Gasteiger partial charge in [-0.05, 0) is 55.7 Å². The van der Waals surface area contributed by atoms with Crippen LogP contribution >= 0.6 is 0 Å². The largest absolute Gasteiger partial charge is 0.490 e. The van der Waals surface area contributed by atoms with Gasteiger partial charge in [-0.3, -0.25) is 0 Å². The molecule has 2 heterocycles. The minimum absolute atomic E-state index is 0.248. The molecule has 4 rings (SSSR count). The summed E-state index contributed by atoms with van der Waals surface area (Å²) in [5.41, 5.74) is 3.18. The van der Waals surface area contributed by atoms with Gasteiger partial charge in [0.25, 0.3) is 0 Å². The molecule has 0 saturated heterocycles. The van der Waals surface area contributed by atoms with Crippen molar-refractivity contribution >= 4 is 10.0 Å². The second-order valence-electron chi connectivity index (χ2n) is 6.90. The van der Waals surface area contributed by atoms with Gasteiger partial charge in [0.05, 0.1) is 18.1 Å². The quantitative estimate of drug-likeness (QED) is 0.809. The van der Waals surface area contributed by atoms with Crippen molar-refractivity contribution in [2.75, 3.05) is 19.8 Å². The molecular weight excluding hydrogens is 350 g/mol. The van der Waals surface area contributed by atoms with Crippen molar-refractivity contribution in [2.45, 2.75) is 37.6 Å². The van der Waals surface area contributed by atoms with Gasteiger partial charge in [0.15, 0.2) is 11.5 Å². The fourth-order valence-electron chi connectivity index (χ4n) is 3.63. The maximum atomic E-state index is 13.1. The first kappa shape index (κ1) is 17.4. The van der Waals surface area contributed by atoms with E-state index in [1.54, 1.807) is 16.4 Å². The molecule has 2 aromatic carbocycles. The summed E-state index contributed by atoms with van der Waals surface area (Å²) >= 11 is 0. The van der Waals surface area contributed by atoms with E-state index in [1.807, 2.05) is 38.1 Å². The van der Waals surface area contributed by atoms with Crippen LogP contribution in [0.5, 0.6) is 11.5 Å². The minimum atomic E-state index is -3.54. The van der Waals surface area contributed by atoms with Crippen molar-refractivity contribution in [3.8, 4) is 11.5 Å². The standard InChI is InChI=1S/C20H23NO4S/c1-14-4-6-17(7-5-14)26(22,23)21-9-8-16-12-19-20(13-18(16)15(21)2)25-11-3-10-24-19/h4-7,12-13,15H,3,8-11H2,1-2H3/t15-/m1/s1. The average Bonchev–Trinajstić information content (AvgIpc) is 2.85. The van der Waals surface area contributed by atoms with Gasteiger partial charge in [0, 0.05) is 19.0 Å². The van der Waals surface area contributed by atoms with Gasteiger partial charge in [-0.1, -0.05) is 17.7 Å². The van der Waals surface area contributed by atoms with Gasteiger partial charge in [0.2, 0.25) is 10.0 Å². The summed E-state index contributed by atoms with van der Waals surface area (Å²) in [5, 5.41) is 0. The van der Waals surface area contributed by atoms with Crippen molar-refractivity contribution in [1.29, 1.82) is 0 Å². The molecule has 0 fully saturated rings. The molecule has 26 heavy (non-hydrogen) atoms. The van der Waals surface area contributed by atoms with Crippen LogP contribution in [0.4, 0.5) is 0 Å². The van der Waals surface area contributed by atoms with Crippen LogP contribution in [-0.4, -0.2) is 32.5 Å². The monoisotopic (exact) mass is 373 g/mol. The van der Waals surface area contributed by atoms with Gasteiger partial charge >= 0.3 is 0 Å². The number of hydrogen-bond donors (Lipinski definition) is 0. The van der Waals surface area contributed by atoms with E-state index in [4.69, 9.17) is 9.47 Å². The number of hydrogen-bond acceptors (Lipinski definition) is 4. The van der Waals surface area contributed by atoms with Gasteiger partial charge in [0.1, 0.15) is 0 Å². The molecule has 1 atom stereocenters. The molecule has 0 unspecified atom stereocenters. The third-order valence-corrected chi connectivity index (χ3v) is 7.10. The lowest BCUT2D eigenvalue weighted by Gasteiger charge is -2.34. The highest BCUT2D eigenvalue weighted by atomic mass is 32.2. The van der Waals surface area contributed by atoms with Gasteiger partial charge in [-0.2, -0.15) is 4.31 Å². The Hall–Kier alpha value is -2.05. The average molecular weight is 373 g/mol. The summed E-state index contributed by atoms with van der Waals surface area (Å²) < 4.78 is 39.4. The smallest absolute Gasteiger partial charge is 0.243 e. The highest BCUT2D eigenvalue weighted by Gasteiger charge is 2.35. The zero-order chi connectivity index (χ0) is 18.3. The zero-order valence-corrected chi connectivity index (χ0v) is 15.9. The topological polar surface area (TPSA) is 55.8 Å². The molecule has 0 spiro atoms. The summed E-state index contributed by atoms with van der Waals surface area (Å²) in [5.74, 6) is 1.48. The van der Waals surface area contributed by atoms with Crippen LogP contribution < -0.4 is 9.47 Å². The maximum absolute atomic E-state index is 13.1. The lowest BCUT2D eigenvalue weighted by molar-refractivity contribution is 0.296. The Kier molecular flexibility index (Phi) is 4.40. The summed E-state index contributed by atoms with van der Waals surface area (Å²) in [4.78, 5) is 0.341. The number of ether oxygens (including phenoxy) is 2. The molecule has 5 nitrogen and oxygen atoms in total. The SMILES string of the molecule is Cc1ccc(S(=O)(=O)N2CCc3cc4c(cc3[C@H]2C)OCCCO4)cc1. The van der Waals surface area contributed by atoms with Gasteiger partial charge in [-0.15, -0.1) is 0 Å². The van der Waals surface area contributed by atoms with Crippen molar-refractivity contribution in [2.24, 2.45) is 0 Å². The predicted octanol–water partition coefficient (Wildman–Crippen LogP) is 3.46. The normalized spacial score (nSPS) is 20.3. The van der Waals surface area contributed by atoms with Crippen molar-refractivity contribution in [3.63, 3.8) is 0 Å². The third-order valence-electron chi connectivity index (χ3n) is 5.12. The second kappa shape index (κ2) is 6.59. The molecular formula is C20H23NO4S. The van der Waals surface area contributed by atoms with Crippen LogP contribution in [-0.2, 0) is 16.4 Å². The van der Waals surface area contributed by atoms with Crippen molar-refractivity contribution in [1.82, 2.24) is 4.31 Å². The maximum Gasteiger partial charge on any atom is 0.243 e. The molecule has 0 aliphatic carbocycles. The Morgan fingerprint density at radius 2 is 1.69 bits per heavy atom. The Bertz CT molecular complexity index is 922. The summed E-state index contributed by atoms with van der Waals surface area (Å²) in [6, 6.07) is 10.8. The van der Waals surface area contributed by atoms with E-state index in [2.05, 4.69) is 0 Å². The molecule has 0 radical (unpaired) electrons. The van der Waals surface area contributed by atoms with E-state index in [-0.39, 0.29) is 6.04 Å². The molecule has 0 aromatic heterocycles. The second-order valence-corrected chi connectivity index (χ2v) is 8.79. The van der Waals surface area contributed by atoms with Crippen LogP contribution in [0.1, 0.15) is 36.1 Å². The number of rotatable bonds is 2. The van der Waals surface area contributed by atoms with E-state index in [1.165, 1.54) is 0 Å². The van der Waals surface area contributed by atoms with Crippen molar-refractivity contribution in [3.05, 3.63) is 53.1 Å². The summed E-state index contributed by atoms with van der Waals surface area (Å²) in [6.07, 6.45) is 1.52. The number of benzene rings is 2. The van der Waals surface area contributed by atoms with E-state index in [9.17, 15) is 8.42 Å². The summed E-state index contributed by atoms with van der Waals surface area (Å²) in [6.45, 7) is 5.61. The molecule has 0 amide bonds. The lowest BCUT2D eigenvalue weighted by Crippen LogP contribution is -2.38. The number of aryl methyl sites for hydroxylation is 1. The number of sulfonamides is 1. The Morgan fingerprint density at radius 3 is 2.38 bits per heavy atom. The first-order chi connectivity index (χ1) is 12.5. The van der Waals surface area contributed by atoms with Crippen LogP contribution in [0.3, 0.4) is 0 Å². The van der Waals surface area contributed by atoms with Crippen LogP contribution in [0.25, 0.3) is 0 Å². The first-order valence-electron chi connectivity index (χ1n) is 8.98. The molecule has 138 valence electrons. The van der Waals surface area contributed by atoms with E-state index in [0.717, 1.165) is 28.9 Å². The number of fused-ring (bicyclic) bond motifs is 2. The molecule has 2 aromatic rings. The van der Waals surface area contributed by atoms with Crippen molar-refractivity contribution < 1.29 is 17.9 Å². The fraction of sp³-hybridized carbons (Fsp3) is 0.400. The molecule has 2 aliphatic rings. The third kappa shape index (κ3) is 2.97. The van der Waals surface area contributed by atoms with Gasteiger partial charge in [-0.25, -0.2) is 8.42 Å². The molecule has 2 aliphatic heterocycles. The van der Waals surface area contributed by atoms with Crippen LogP contribution in [0.2, 0.25) is 0 Å². The Labute approximate surface area is 154 Å². The molecule has 0 bridgehead atoms. The Morgan fingerprint density at radius 1 is 1.04 bits per heavy atom. The Balaban J connectivity index is 1.70. The zero-order valence-electron chi connectivity index (χ0n) is 15.1. The van der Waals surface area contributed by atoms with Gasteiger partial charge < -0.3 is 9.47 Å². The lowest BCUT2D eigenvalue weighted by atomic mass is 9.94. The molecule has 0 N–H and O–H groups in total. The first-order valence-corrected chi connectivity index (χ1v) is 10.4. The predicted molar refractivity (Wildman–Crippen MR) is 99.2 cm³/mol. The van der Waals surface area contributed by atoms with E-state index < -0.39 is 10.0 Å². The molecule has 6 heteroatoms. The fourth-order valence-corrected chi connectivity index (χ4v) is 5.24.